The van der Waals surface area contributed by atoms with E-state index in [0.717, 1.165) is 5.56 Å². The van der Waals surface area contributed by atoms with E-state index in [-0.39, 0.29) is 0 Å². The van der Waals surface area contributed by atoms with Crippen molar-refractivity contribution in [2.45, 2.75) is 120 Å². The normalized spacial score (nSPS) is 22.4. The topological polar surface area (TPSA) is 159 Å². The summed E-state index contributed by atoms with van der Waals surface area (Å²) in [6, 6.07) is 8.32. The van der Waals surface area contributed by atoms with Gasteiger partial charge in [-0.15, -0.1) is 0 Å². The number of nitrogens with one attached hydrogen (secondary N) is 1. The van der Waals surface area contributed by atoms with E-state index in [9.17, 15) is 24.4 Å². The number of hydrogen-bond acceptors (Lipinski definition) is 12. The maximum absolute atomic E-state index is 13.5. The summed E-state index contributed by atoms with van der Waals surface area (Å²) in [5, 5.41) is 13.2. The number of carbonyl (C=O) groups is 4. The van der Waals surface area contributed by atoms with Gasteiger partial charge in [-0.1, -0.05) is 24.3 Å². The largest absolute Gasteiger partial charge is 0.497 e. The summed E-state index contributed by atoms with van der Waals surface area (Å²) < 4.78 is 35.2. The minimum Gasteiger partial charge on any atom is -0.497 e. The first kappa shape index (κ1) is 41.2. The average molecular weight is 687 g/mol. The molecule has 1 aliphatic rings. The van der Waals surface area contributed by atoms with Crippen molar-refractivity contribution in [2.24, 2.45) is 21.7 Å². The van der Waals surface area contributed by atoms with Gasteiger partial charge in [0.1, 0.15) is 24.5 Å². The second kappa shape index (κ2) is 16.2. The highest BCUT2D eigenvalue weighted by molar-refractivity contribution is 5.78. The fraction of sp³-hybridized carbons (Fsp3) is 0.649. The lowest BCUT2D eigenvalue weighted by Gasteiger charge is -2.46. The van der Waals surface area contributed by atoms with Crippen LogP contribution in [0.25, 0.3) is 6.08 Å². The van der Waals surface area contributed by atoms with Crippen LogP contribution in [-0.2, 0) is 42.9 Å². The van der Waals surface area contributed by atoms with Crippen LogP contribution in [0.15, 0.2) is 30.3 Å². The molecule has 12 heteroatoms. The van der Waals surface area contributed by atoms with Crippen LogP contribution < -0.4 is 10.1 Å². The molecule has 6 atom stereocenters. The molecule has 2 rings (SSSR count). The van der Waals surface area contributed by atoms with Gasteiger partial charge in [0.15, 0.2) is 24.5 Å². The molecule has 1 N–H and O–H groups in total. The Morgan fingerprint density at radius 3 is 1.63 bits per heavy atom. The van der Waals surface area contributed by atoms with Crippen LogP contribution in [-0.4, -0.2) is 74.3 Å². The third-order valence-corrected chi connectivity index (χ3v) is 7.27. The fourth-order valence-corrected chi connectivity index (χ4v) is 4.10. The molecule has 12 nitrogen and oxygen atoms in total. The summed E-state index contributed by atoms with van der Waals surface area (Å²) in [6.45, 7) is 19.5. The molecule has 0 saturated carbocycles. The van der Waals surface area contributed by atoms with Crippen LogP contribution in [0.4, 0.5) is 0 Å². The molecule has 1 aromatic rings. The number of benzene rings is 1. The van der Waals surface area contributed by atoms with Crippen molar-refractivity contribution < 1.29 is 47.6 Å². The Morgan fingerprint density at radius 1 is 0.755 bits per heavy atom. The zero-order valence-electron chi connectivity index (χ0n) is 31.2. The molecular formula is C37H54N2O10. The van der Waals surface area contributed by atoms with Crippen LogP contribution in [0.2, 0.25) is 0 Å². The second-order valence-corrected chi connectivity index (χ2v) is 16.2. The molecule has 1 heterocycles. The van der Waals surface area contributed by atoms with Gasteiger partial charge < -0.3 is 28.4 Å². The number of nitrogens with zero attached hydrogens (tertiary/aromatic N) is 1. The number of methoxy groups -OCH3 is 1. The zero-order valence-corrected chi connectivity index (χ0v) is 31.2. The Kier molecular flexibility index (Phi) is 13.6. The average Bonchev–Trinajstić information content (AvgIpc) is 2.98. The first-order valence-electron chi connectivity index (χ1n) is 16.3. The standard InChI is InChI=1S/C37H54N2O10/c1-34(2,3)30(40)45-21-25-26(47-31(41)35(4,5)6)27(48-32(42)36(7,8)9)28(49-33(43)37(10,11)12)29(46-25)39-23(20-38)17-14-22-15-18-24(44-13)19-16-22/h14-19,23,25-29,39H,21H2,1-13H3/b17-14+/t23?,25?,26-,27-,28?,29-/m1/s1. The molecule has 1 aliphatic heterocycles. The maximum atomic E-state index is 13.5. The van der Waals surface area contributed by atoms with Gasteiger partial charge in [0.2, 0.25) is 0 Å². The van der Waals surface area contributed by atoms with E-state index >= 15 is 0 Å². The quantitative estimate of drug-likeness (QED) is 0.248. The highest BCUT2D eigenvalue weighted by Gasteiger charge is 2.54. The van der Waals surface area contributed by atoms with Gasteiger partial charge in [0, 0.05) is 0 Å². The number of esters is 4. The van der Waals surface area contributed by atoms with E-state index < -0.39 is 88.8 Å². The third-order valence-electron chi connectivity index (χ3n) is 7.27. The van der Waals surface area contributed by atoms with Crippen molar-refractivity contribution in [3.8, 4) is 11.8 Å². The Hall–Kier alpha value is -3.95. The van der Waals surface area contributed by atoms with E-state index in [0.29, 0.717) is 5.75 Å². The van der Waals surface area contributed by atoms with Gasteiger partial charge in [0.25, 0.3) is 0 Å². The summed E-state index contributed by atoms with van der Waals surface area (Å²) in [5.41, 5.74) is -3.09. The summed E-state index contributed by atoms with van der Waals surface area (Å²) in [7, 11) is 1.56. The molecule has 0 aromatic heterocycles. The molecular weight excluding hydrogens is 632 g/mol. The molecule has 1 saturated heterocycles. The lowest BCUT2D eigenvalue weighted by Crippen LogP contribution is -2.67. The summed E-state index contributed by atoms with van der Waals surface area (Å²) in [4.78, 5) is 53.1. The van der Waals surface area contributed by atoms with Gasteiger partial charge in [-0.2, -0.15) is 5.26 Å². The molecule has 0 spiro atoms. The van der Waals surface area contributed by atoms with Crippen molar-refractivity contribution in [3.05, 3.63) is 35.9 Å². The number of hydrogen-bond donors (Lipinski definition) is 1. The van der Waals surface area contributed by atoms with E-state index in [2.05, 4.69) is 11.4 Å². The smallest absolute Gasteiger partial charge is 0.311 e. The molecule has 272 valence electrons. The Morgan fingerprint density at radius 2 is 1.20 bits per heavy atom. The Balaban J connectivity index is 2.70. The van der Waals surface area contributed by atoms with Gasteiger partial charge >= 0.3 is 23.9 Å². The minimum absolute atomic E-state index is 0.404. The highest BCUT2D eigenvalue weighted by atomic mass is 16.7. The molecule has 0 aliphatic carbocycles. The first-order chi connectivity index (χ1) is 22.4. The predicted molar refractivity (Wildman–Crippen MR) is 182 cm³/mol. The molecule has 0 amide bonds. The third kappa shape index (κ3) is 12.2. The highest BCUT2D eigenvalue weighted by Crippen LogP contribution is 2.34. The van der Waals surface area contributed by atoms with Gasteiger partial charge in [-0.05, 0) is 101 Å². The lowest BCUT2D eigenvalue weighted by atomic mass is 9.92. The number of carbonyl (C=O) groups excluding carboxylic acids is 4. The van der Waals surface area contributed by atoms with Crippen LogP contribution in [0.3, 0.4) is 0 Å². The maximum Gasteiger partial charge on any atom is 0.311 e. The molecule has 1 fully saturated rings. The zero-order chi connectivity index (χ0) is 37.5. The Bertz CT molecular complexity index is 1380. The molecule has 0 radical (unpaired) electrons. The first-order valence-corrected chi connectivity index (χ1v) is 16.3. The van der Waals surface area contributed by atoms with Gasteiger partial charge in [-0.25, -0.2) is 0 Å². The number of rotatable bonds is 10. The molecule has 0 bridgehead atoms. The van der Waals surface area contributed by atoms with E-state index in [1.807, 2.05) is 12.1 Å². The summed E-state index contributed by atoms with van der Waals surface area (Å²) in [6.07, 6.45) is -3.41. The van der Waals surface area contributed by atoms with Gasteiger partial charge in [0.05, 0.1) is 34.8 Å². The van der Waals surface area contributed by atoms with Crippen molar-refractivity contribution in [1.29, 1.82) is 5.26 Å². The van der Waals surface area contributed by atoms with Crippen LogP contribution in [0.1, 0.15) is 88.6 Å². The van der Waals surface area contributed by atoms with Crippen molar-refractivity contribution in [1.82, 2.24) is 5.32 Å². The van der Waals surface area contributed by atoms with Crippen molar-refractivity contribution in [2.75, 3.05) is 13.7 Å². The summed E-state index contributed by atoms with van der Waals surface area (Å²) in [5.74, 6) is -1.88. The van der Waals surface area contributed by atoms with Crippen LogP contribution in [0, 0.1) is 33.0 Å². The van der Waals surface area contributed by atoms with Crippen LogP contribution >= 0.6 is 0 Å². The number of ether oxygens (including phenoxy) is 6. The minimum atomic E-state index is -1.43. The molecule has 1 aromatic carbocycles. The van der Waals surface area contributed by atoms with Crippen LogP contribution in [0.5, 0.6) is 5.75 Å². The fourth-order valence-electron chi connectivity index (χ4n) is 4.10. The lowest BCUT2D eigenvalue weighted by molar-refractivity contribution is -0.265. The van der Waals surface area contributed by atoms with Crippen molar-refractivity contribution in [3.63, 3.8) is 0 Å². The molecule has 49 heavy (non-hydrogen) atoms. The molecule has 3 unspecified atom stereocenters. The van der Waals surface area contributed by atoms with E-state index in [1.165, 1.54) is 0 Å². The predicted octanol–water partition coefficient (Wildman–Crippen LogP) is 5.38. The van der Waals surface area contributed by atoms with E-state index in [1.54, 1.807) is 114 Å². The Labute approximate surface area is 290 Å². The summed E-state index contributed by atoms with van der Waals surface area (Å²) >= 11 is 0. The van der Waals surface area contributed by atoms with Gasteiger partial charge in [-0.3, -0.25) is 24.5 Å². The van der Waals surface area contributed by atoms with E-state index in [4.69, 9.17) is 28.4 Å². The second-order valence-electron chi connectivity index (χ2n) is 16.2. The monoisotopic (exact) mass is 686 g/mol. The SMILES string of the molecule is COc1ccc(/C=C/C(C#N)N[C@@H]2OC(COC(=O)C(C)(C)C)[C@@H](OC(=O)C(C)(C)C)[C@@H](OC(=O)C(C)(C)C)C2OC(=O)C(C)(C)C)cc1. The van der Waals surface area contributed by atoms with Crippen molar-refractivity contribution >= 4 is 30.0 Å². The number of nitriles is 1.